The maximum absolute atomic E-state index is 5.03. The Balaban J connectivity index is 2.81. The molecule has 2 heteroatoms. The van der Waals surface area contributed by atoms with Gasteiger partial charge in [-0.2, -0.15) is 0 Å². The summed E-state index contributed by atoms with van der Waals surface area (Å²) >= 11 is 1.83. The molecule has 0 N–H and O–H groups in total. The molecule has 0 radical (unpaired) electrons. The molecule has 0 aliphatic carbocycles. The first-order chi connectivity index (χ1) is 4.74. The van der Waals surface area contributed by atoms with Crippen LogP contribution in [0.4, 0.5) is 0 Å². The second-order valence-electron chi connectivity index (χ2n) is 2.37. The van der Waals surface area contributed by atoms with Gasteiger partial charge in [0.1, 0.15) is 0 Å². The SMILES string of the molecule is COCc1cc(C)sc1C. The van der Waals surface area contributed by atoms with Gasteiger partial charge in [-0.15, -0.1) is 11.3 Å². The number of hydrogen-bond acceptors (Lipinski definition) is 2. The van der Waals surface area contributed by atoms with Crippen molar-refractivity contribution >= 4 is 11.3 Å². The van der Waals surface area contributed by atoms with Crippen LogP contribution in [0, 0.1) is 13.8 Å². The molecule has 0 aromatic carbocycles. The molecule has 1 heterocycles. The Bertz CT molecular complexity index is 215. The van der Waals surface area contributed by atoms with Crippen molar-refractivity contribution in [3.8, 4) is 0 Å². The van der Waals surface area contributed by atoms with Crippen LogP contribution in [0.5, 0.6) is 0 Å². The van der Waals surface area contributed by atoms with Gasteiger partial charge in [-0.25, -0.2) is 0 Å². The number of aryl methyl sites for hydroxylation is 2. The fourth-order valence-corrected chi connectivity index (χ4v) is 1.92. The lowest BCUT2D eigenvalue weighted by atomic mass is 10.3. The minimum Gasteiger partial charge on any atom is -0.380 e. The van der Waals surface area contributed by atoms with Crippen molar-refractivity contribution < 1.29 is 4.74 Å². The standard InChI is InChI=1S/C8H12OS/c1-6-4-8(5-9-3)7(2)10-6/h4H,5H2,1-3H3. The number of hydrogen-bond donors (Lipinski definition) is 0. The topological polar surface area (TPSA) is 9.23 Å². The van der Waals surface area contributed by atoms with Crippen LogP contribution in [0.25, 0.3) is 0 Å². The fourth-order valence-electron chi connectivity index (χ4n) is 0.982. The van der Waals surface area contributed by atoms with E-state index < -0.39 is 0 Å². The van der Waals surface area contributed by atoms with Crippen LogP contribution in [0.2, 0.25) is 0 Å². The molecule has 0 unspecified atom stereocenters. The van der Waals surface area contributed by atoms with Gasteiger partial charge < -0.3 is 4.74 Å². The molecule has 1 aromatic heterocycles. The normalized spacial score (nSPS) is 10.3. The summed E-state index contributed by atoms with van der Waals surface area (Å²) in [5, 5.41) is 0. The molecule has 1 aromatic rings. The molecule has 0 aliphatic rings. The number of rotatable bonds is 2. The fraction of sp³-hybridized carbons (Fsp3) is 0.500. The zero-order chi connectivity index (χ0) is 7.56. The highest BCUT2D eigenvalue weighted by atomic mass is 32.1. The summed E-state index contributed by atoms with van der Waals surface area (Å²) < 4.78 is 5.03. The van der Waals surface area contributed by atoms with E-state index in [1.807, 2.05) is 11.3 Å². The predicted octanol–water partition coefficient (Wildman–Crippen LogP) is 2.51. The van der Waals surface area contributed by atoms with Gasteiger partial charge in [0.2, 0.25) is 0 Å². The highest BCUT2D eigenvalue weighted by Gasteiger charge is 2.00. The van der Waals surface area contributed by atoms with Crippen LogP contribution in [0.15, 0.2) is 6.07 Å². The molecule has 1 rings (SSSR count). The van der Waals surface area contributed by atoms with Crippen LogP contribution in [0.1, 0.15) is 15.3 Å². The molecule has 0 aliphatic heterocycles. The first-order valence-electron chi connectivity index (χ1n) is 3.29. The van der Waals surface area contributed by atoms with E-state index >= 15 is 0 Å². The zero-order valence-corrected chi connectivity index (χ0v) is 7.42. The maximum Gasteiger partial charge on any atom is 0.0723 e. The van der Waals surface area contributed by atoms with Gasteiger partial charge in [0.05, 0.1) is 6.61 Å². The smallest absolute Gasteiger partial charge is 0.0723 e. The van der Waals surface area contributed by atoms with E-state index in [0.717, 1.165) is 6.61 Å². The van der Waals surface area contributed by atoms with Gasteiger partial charge in [0.25, 0.3) is 0 Å². The van der Waals surface area contributed by atoms with Gasteiger partial charge in [0.15, 0.2) is 0 Å². The number of ether oxygens (including phenoxy) is 1. The summed E-state index contributed by atoms with van der Waals surface area (Å²) in [6.45, 7) is 5.00. The first kappa shape index (κ1) is 7.76. The van der Waals surface area contributed by atoms with E-state index in [-0.39, 0.29) is 0 Å². The molecule has 10 heavy (non-hydrogen) atoms. The summed E-state index contributed by atoms with van der Waals surface area (Å²) in [7, 11) is 1.73. The quantitative estimate of drug-likeness (QED) is 0.639. The van der Waals surface area contributed by atoms with Gasteiger partial charge in [0, 0.05) is 16.9 Å². The number of thiophene rings is 1. The van der Waals surface area contributed by atoms with Crippen molar-refractivity contribution in [2.24, 2.45) is 0 Å². The monoisotopic (exact) mass is 156 g/mol. The van der Waals surface area contributed by atoms with E-state index in [1.54, 1.807) is 7.11 Å². The van der Waals surface area contributed by atoms with Crippen molar-refractivity contribution in [2.45, 2.75) is 20.5 Å². The van der Waals surface area contributed by atoms with Crippen molar-refractivity contribution in [3.05, 3.63) is 21.4 Å². The molecule has 0 spiro atoms. The van der Waals surface area contributed by atoms with Crippen molar-refractivity contribution in [3.63, 3.8) is 0 Å². The third-order valence-corrected chi connectivity index (χ3v) is 2.45. The van der Waals surface area contributed by atoms with Gasteiger partial charge >= 0.3 is 0 Å². The lowest BCUT2D eigenvalue weighted by molar-refractivity contribution is 0.185. The van der Waals surface area contributed by atoms with Crippen LogP contribution in [-0.2, 0) is 11.3 Å². The minimum absolute atomic E-state index is 0.746. The second kappa shape index (κ2) is 3.17. The van der Waals surface area contributed by atoms with E-state index in [1.165, 1.54) is 15.3 Å². The average molecular weight is 156 g/mol. The molecule has 0 saturated heterocycles. The Morgan fingerprint density at radius 2 is 2.20 bits per heavy atom. The van der Waals surface area contributed by atoms with Gasteiger partial charge in [-0.3, -0.25) is 0 Å². The highest BCUT2D eigenvalue weighted by molar-refractivity contribution is 7.12. The third-order valence-electron chi connectivity index (χ3n) is 1.44. The first-order valence-corrected chi connectivity index (χ1v) is 4.10. The largest absolute Gasteiger partial charge is 0.380 e. The molecule has 0 amide bonds. The Morgan fingerprint density at radius 3 is 2.60 bits per heavy atom. The van der Waals surface area contributed by atoms with E-state index in [9.17, 15) is 0 Å². The minimum atomic E-state index is 0.746. The summed E-state index contributed by atoms with van der Waals surface area (Å²) in [6.07, 6.45) is 0. The van der Waals surface area contributed by atoms with E-state index in [0.29, 0.717) is 0 Å². The summed E-state index contributed by atoms with van der Waals surface area (Å²) in [5.74, 6) is 0. The van der Waals surface area contributed by atoms with Gasteiger partial charge in [-0.05, 0) is 25.5 Å². The summed E-state index contributed by atoms with van der Waals surface area (Å²) in [6, 6.07) is 2.18. The molecule has 0 atom stereocenters. The number of methoxy groups -OCH3 is 1. The van der Waals surface area contributed by atoms with E-state index in [4.69, 9.17) is 4.74 Å². The summed E-state index contributed by atoms with van der Waals surface area (Å²) in [5.41, 5.74) is 1.32. The van der Waals surface area contributed by atoms with Crippen molar-refractivity contribution in [1.82, 2.24) is 0 Å². The molecule has 56 valence electrons. The maximum atomic E-state index is 5.03. The Morgan fingerprint density at radius 1 is 1.50 bits per heavy atom. The molecular weight excluding hydrogens is 144 g/mol. The lowest BCUT2D eigenvalue weighted by Gasteiger charge is -1.94. The Hall–Kier alpha value is -0.340. The van der Waals surface area contributed by atoms with Crippen LogP contribution < -0.4 is 0 Å². The average Bonchev–Trinajstić information content (AvgIpc) is 2.13. The molecule has 0 saturated carbocycles. The van der Waals surface area contributed by atoms with Crippen molar-refractivity contribution in [1.29, 1.82) is 0 Å². The van der Waals surface area contributed by atoms with Gasteiger partial charge in [-0.1, -0.05) is 0 Å². The highest BCUT2D eigenvalue weighted by Crippen LogP contribution is 2.20. The molecule has 1 nitrogen and oxygen atoms in total. The molecule has 0 bridgehead atoms. The second-order valence-corrected chi connectivity index (χ2v) is 3.83. The molecular formula is C8H12OS. The third kappa shape index (κ3) is 1.58. The zero-order valence-electron chi connectivity index (χ0n) is 6.60. The van der Waals surface area contributed by atoms with Crippen LogP contribution in [-0.4, -0.2) is 7.11 Å². The summed E-state index contributed by atoms with van der Waals surface area (Å²) in [4.78, 5) is 2.74. The van der Waals surface area contributed by atoms with Crippen molar-refractivity contribution in [2.75, 3.05) is 7.11 Å². The molecule has 0 fully saturated rings. The Labute approximate surface area is 65.6 Å². The van der Waals surface area contributed by atoms with Crippen LogP contribution in [0.3, 0.4) is 0 Å². The van der Waals surface area contributed by atoms with Crippen LogP contribution >= 0.6 is 11.3 Å². The predicted molar refractivity (Wildman–Crippen MR) is 44.5 cm³/mol. The lowest BCUT2D eigenvalue weighted by Crippen LogP contribution is -1.85. The van der Waals surface area contributed by atoms with E-state index in [2.05, 4.69) is 19.9 Å². The Kier molecular flexibility index (Phi) is 2.46.